The Kier molecular flexibility index (Phi) is 4.78. The van der Waals surface area contributed by atoms with Gasteiger partial charge in [0.15, 0.2) is 0 Å². The molecule has 1 N–H and O–H groups in total. The second-order valence-corrected chi connectivity index (χ2v) is 6.99. The summed E-state index contributed by atoms with van der Waals surface area (Å²) >= 11 is 5.85. The van der Waals surface area contributed by atoms with E-state index in [0.717, 1.165) is 31.9 Å². The van der Waals surface area contributed by atoms with Crippen molar-refractivity contribution in [2.75, 3.05) is 13.1 Å². The molecule has 0 amide bonds. The van der Waals surface area contributed by atoms with Crippen molar-refractivity contribution in [3.63, 3.8) is 0 Å². The zero-order chi connectivity index (χ0) is 13.9. The molecule has 1 aromatic rings. The van der Waals surface area contributed by atoms with Crippen molar-refractivity contribution in [1.82, 2.24) is 9.14 Å². The van der Waals surface area contributed by atoms with E-state index < -0.39 is 15.8 Å². The number of nitrogens with one attached hydrogen (secondary N) is 1. The summed E-state index contributed by atoms with van der Waals surface area (Å²) in [5.41, 5.74) is 0. The molecule has 1 aliphatic rings. The van der Waals surface area contributed by atoms with Crippen LogP contribution in [0.2, 0.25) is 0 Å². The molecule has 2 rings (SSSR count). The molecule has 1 saturated heterocycles. The Morgan fingerprint density at radius 1 is 1.37 bits per heavy atom. The number of nitrogens with zero attached hydrogens (tertiary/aromatic N) is 1. The van der Waals surface area contributed by atoms with Crippen molar-refractivity contribution >= 4 is 21.8 Å². The first-order chi connectivity index (χ1) is 9.01. The highest BCUT2D eigenvalue weighted by Gasteiger charge is 2.28. The van der Waals surface area contributed by atoms with Gasteiger partial charge in [-0.05, 0) is 43.3 Å². The van der Waals surface area contributed by atoms with E-state index in [1.165, 1.54) is 18.2 Å². The largest absolute Gasteiger partial charge is 0.313 e. The van der Waals surface area contributed by atoms with Crippen molar-refractivity contribution in [2.45, 2.75) is 30.2 Å². The first-order valence-corrected chi connectivity index (χ1v) is 7.96. The molecular formula is C12H16ClFN2O2S. The topological polar surface area (TPSA) is 49.4 Å². The highest BCUT2D eigenvalue weighted by molar-refractivity contribution is 7.90. The third-order valence-corrected chi connectivity index (χ3v) is 5.39. The molecule has 1 unspecified atom stereocenters. The number of sulfonamides is 1. The number of hydrogen-bond donors (Lipinski definition) is 1. The second-order valence-electron chi connectivity index (χ2n) is 4.55. The summed E-state index contributed by atoms with van der Waals surface area (Å²) in [7, 11) is -3.99. The Labute approximate surface area is 117 Å². The van der Waals surface area contributed by atoms with Gasteiger partial charge in [-0.15, -0.1) is 3.82 Å². The fourth-order valence-corrected chi connectivity index (χ4v) is 3.66. The lowest BCUT2D eigenvalue weighted by Gasteiger charge is -2.26. The predicted molar refractivity (Wildman–Crippen MR) is 71.8 cm³/mol. The Hall–Kier alpha value is -0.690. The lowest BCUT2D eigenvalue weighted by Crippen LogP contribution is -2.42. The van der Waals surface area contributed by atoms with E-state index >= 15 is 0 Å². The van der Waals surface area contributed by atoms with Gasteiger partial charge in [0.25, 0.3) is 10.0 Å². The van der Waals surface area contributed by atoms with Crippen molar-refractivity contribution in [1.29, 1.82) is 0 Å². The maximum atomic E-state index is 13.5. The molecule has 0 radical (unpaired) electrons. The second kappa shape index (κ2) is 6.17. The molecule has 1 heterocycles. The lowest BCUT2D eigenvalue weighted by atomic mass is 10.1. The fourth-order valence-electron chi connectivity index (χ4n) is 2.11. The molecule has 7 heteroatoms. The SMILES string of the molecule is O=S(=O)(c1ccccc1F)N(Cl)CC1CCCCN1. The number of piperidine rings is 1. The van der Waals surface area contributed by atoms with Crippen LogP contribution in [0, 0.1) is 5.82 Å². The Balaban J connectivity index is 2.13. The quantitative estimate of drug-likeness (QED) is 0.867. The van der Waals surface area contributed by atoms with Crippen LogP contribution in [0.15, 0.2) is 29.2 Å². The predicted octanol–water partition coefficient (Wildman–Crippen LogP) is 2.11. The van der Waals surface area contributed by atoms with Crippen LogP contribution in [-0.4, -0.2) is 31.4 Å². The van der Waals surface area contributed by atoms with Gasteiger partial charge in [0.1, 0.15) is 10.7 Å². The number of benzene rings is 1. The first kappa shape index (κ1) is 14.7. The zero-order valence-electron chi connectivity index (χ0n) is 10.4. The lowest BCUT2D eigenvalue weighted by molar-refractivity contribution is 0.367. The summed E-state index contributed by atoms with van der Waals surface area (Å²) in [6, 6.07) is 5.26. The molecule has 4 nitrogen and oxygen atoms in total. The molecule has 1 fully saturated rings. The molecule has 0 aliphatic carbocycles. The van der Waals surface area contributed by atoms with Crippen molar-refractivity contribution in [3.05, 3.63) is 30.1 Å². The van der Waals surface area contributed by atoms with Crippen LogP contribution in [0.1, 0.15) is 19.3 Å². The summed E-state index contributed by atoms with van der Waals surface area (Å²) in [5, 5.41) is 3.20. The molecule has 0 saturated carbocycles. The normalized spacial score (nSPS) is 20.7. The highest BCUT2D eigenvalue weighted by Crippen LogP contribution is 2.22. The number of hydrogen-bond acceptors (Lipinski definition) is 3. The average molecular weight is 307 g/mol. The van der Waals surface area contributed by atoms with Gasteiger partial charge in [-0.2, -0.15) is 0 Å². The first-order valence-electron chi connectivity index (χ1n) is 6.18. The van der Waals surface area contributed by atoms with E-state index in [4.69, 9.17) is 11.8 Å². The summed E-state index contributed by atoms with van der Waals surface area (Å²) in [6.07, 6.45) is 3.00. The molecule has 1 atom stereocenters. The standard InChI is InChI=1S/C12H16ClFN2O2S/c13-16(9-10-5-3-4-8-15-10)19(17,18)12-7-2-1-6-11(12)14/h1-2,6-7,10,15H,3-5,8-9H2. The van der Waals surface area contributed by atoms with E-state index in [1.807, 2.05) is 0 Å². The average Bonchev–Trinajstić information content (AvgIpc) is 2.40. The molecule has 19 heavy (non-hydrogen) atoms. The Morgan fingerprint density at radius 2 is 2.11 bits per heavy atom. The van der Waals surface area contributed by atoms with Crippen molar-refractivity contribution in [3.8, 4) is 0 Å². The fraction of sp³-hybridized carbons (Fsp3) is 0.500. The zero-order valence-corrected chi connectivity index (χ0v) is 11.9. The minimum Gasteiger partial charge on any atom is -0.313 e. The van der Waals surface area contributed by atoms with E-state index in [1.54, 1.807) is 0 Å². The van der Waals surface area contributed by atoms with Crippen LogP contribution < -0.4 is 5.32 Å². The maximum Gasteiger partial charge on any atom is 0.259 e. The van der Waals surface area contributed by atoms with Crippen LogP contribution in [-0.2, 0) is 10.0 Å². The van der Waals surface area contributed by atoms with Gasteiger partial charge in [0.05, 0.1) is 0 Å². The third-order valence-electron chi connectivity index (χ3n) is 3.15. The summed E-state index contributed by atoms with van der Waals surface area (Å²) in [4.78, 5) is -0.388. The Bertz CT molecular complexity index is 532. The van der Waals surface area contributed by atoms with Crippen molar-refractivity contribution in [2.24, 2.45) is 0 Å². The van der Waals surface area contributed by atoms with Gasteiger partial charge in [-0.1, -0.05) is 18.6 Å². The summed E-state index contributed by atoms with van der Waals surface area (Å²) in [5.74, 6) is -0.787. The monoisotopic (exact) mass is 306 g/mol. The van der Waals surface area contributed by atoms with Gasteiger partial charge in [-0.3, -0.25) is 0 Å². The minimum absolute atomic E-state index is 0.0211. The molecular weight excluding hydrogens is 291 g/mol. The molecule has 106 valence electrons. The van der Waals surface area contributed by atoms with Gasteiger partial charge < -0.3 is 5.32 Å². The van der Waals surface area contributed by atoms with Crippen LogP contribution in [0.3, 0.4) is 0 Å². The van der Waals surface area contributed by atoms with Crippen LogP contribution in [0.4, 0.5) is 4.39 Å². The number of rotatable bonds is 4. The molecule has 0 spiro atoms. The maximum absolute atomic E-state index is 13.5. The van der Waals surface area contributed by atoms with Crippen LogP contribution in [0.25, 0.3) is 0 Å². The van der Waals surface area contributed by atoms with E-state index in [9.17, 15) is 12.8 Å². The number of halogens is 2. The summed E-state index contributed by atoms with van der Waals surface area (Å²) < 4.78 is 38.6. The molecule has 1 aromatic carbocycles. The molecule has 0 aromatic heterocycles. The minimum atomic E-state index is -3.99. The van der Waals surface area contributed by atoms with E-state index in [2.05, 4.69) is 5.32 Å². The Morgan fingerprint density at radius 3 is 2.74 bits per heavy atom. The van der Waals surface area contributed by atoms with Crippen LogP contribution >= 0.6 is 11.8 Å². The third kappa shape index (κ3) is 3.45. The van der Waals surface area contributed by atoms with E-state index in [-0.39, 0.29) is 17.5 Å². The van der Waals surface area contributed by atoms with Crippen LogP contribution in [0.5, 0.6) is 0 Å². The smallest absolute Gasteiger partial charge is 0.259 e. The highest BCUT2D eigenvalue weighted by atomic mass is 35.5. The van der Waals surface area contributed by atoms with Gasteiger partial charge in [0, 0.05) is 12.6 Å². The molecule has 0 bridgehead atoms. The van der Waals surface area contributed by atoms with Gasteiger partial charge in [-0.25, -0.2) is 12.8 Å². The summed E-state index contributed by atoms with van der Waals surface area (Å²) in [6.45, 7) is 0.993. The van der Waals surface area contributed by atoms with Gasteiger partial charge >= 0.3 is 0 Å². The van der Waals surface area contributed by atoms with E-state index in [0.29, 0.717) is 3.82 Å². The van der Waals surface area contributed by atoms with Gasteiger partial charge in [0.2, 0.25) is 0 Å². The molecule has 1 aliphatic heterocycles. The van der Waals surface area contributed by atoms with Crippen molar-refractivity contribution < 1.29 is 12.8 Å².